The van der Waals surface area contributed by atoms with Gasteiger partial charge in [-0.1, -0.05) is 85.4 Å². The first kappa shape index (κ1) is 26.0. The Morgan fingerprint density at radius 3 is 2.00 bits per heavy atom. The van der Waals surface area contributed by atoms with Gasteiger partial charge in [-0.25, -0.2) is 0 Å². The van der Waals surface area contributed by atoms with Crippen LogP contribution >= 0.6 is 11.8 Å². The van der Waals surface area contributed by atoms with E-state index in [1.165, 1.54) is 0 Å². The Morgan fingerprint density at radius 1 is 1.03 bits per heavy atom. The molecule has 0 saturated heterocycles. The Balaban J connectivity index is 2.63. The van der Waals surface area contributed by atoms with Crippen LogP contribution in [0, 0.1) is 5.41 Å². The zero-order valence-corrected chi connectivity index (χ0v) is 22.5. The minimum absolute atomic E-state index is 0.226. The minimum Gasteiger partial charge on any atom is -0.545 e. The molecule has 0 radical (unpaired) electrons. The van der Waals surface area contributed by atoms with Gasteiger partial charge in [0.1, 0.15) is 5.60 Å². The van der Waals surface area contributed by atoms with Crippen LogP contribution in [0.1, 0.15) is 68.7 Å². The van der Waals surface area contributed by atoms with Crippen molar-refractivity contribution in [2.75, 3.05) is 0 Å². The van der Waals surface area contributed by atoms with Crippen molar-refractivity contribution in [1.29, 1.82) is 0 Å². The lowest BCUT2D eigenvalue weighted by atomic mass is 9.63. The van der Waals surface area contributed by atoms with Gasteiger partial charge in [-0.15, -0.1) is 0 Å². The van der Waals surface area contributed by atoms with Crippen molar-refractivity contribution in [3.63, 3.8) is 0 Å². The first-order valence-corrected chi connectivity index (χ1v) is 14.4. The van der Waals surface area contributed by atoms with Crippen molar-refractivity contribution in [2.24, 2.45) is 5.41 Å². The van der Waals surface area contributed by atoms with E-state index in [4.69, 9.17) is 4.43 Å². The molecule has 2 rings (SSSR count). The average molecular weight is 461 g/mol. The molecule has 1 aliphatic carbocycles. The zero-order valence-electron chi connectivity index (χ0n) is 20.7. The molecule has 1 N–H and O–H groups in total. The highest BCUT2D eigenvalue weighted by molar-refractivity contribution is 8.02. The number of thioether (sulfide) groups is 1. The van der Waals surface area contributed by atoms with Crippen molar-refractivity contribution in [3.8, 4) is 0 Å². The Hall–Kier alpha value is -1.30. The molecule has 0 amide bonds. The lowest BCUT2D eigenvalue weighted by Crippen LogP contribution is -2.53. The SMILES string of the molecule is CC1=C(O[Si](C(C)C)(C(C)C)C(C)C)C[C@@](O)(C=O)C(C)(C)/C1=C\Sc1ccccc1. The summed E-state index contributed by atoms with van der Waals surface area (Å²) in [5, 5.41) is 13.5. The Kier molecular flexibility index (Phi) is 8.10. The van der Waals surface area contributed by atoms with Gasteiger partial charge in [-0.05, 0) is 52.2 Å². The Bertz CT molecular complexity index is 818. The van der Waals surface area contributed by atoms with Gasteiger partial charge in [0.05, 0.1) is 5.76 Å². The highest BCUT2D eigenvalue weighted by Crippen LogP contribution is 2.53. The molecule has 31 heavy (non-hydrogen) atoms. The second-order valence-corrected chi connectivity index (χ2v) is 16.6. The van der Waals surface area contributed by atoms with E-state index in [0.29, 0.717) is 22.9 Å². The maximum Gasteiger partial charge on any atom is 0.258 e. The lowest BCUT2D eigenvalue weighted by molar-refractivity contribution is -0.135. The van der Waals surface area contributed by atoms with Crippen LogP contribution in [0.2, 0.25) is 16.6 Å². The van der Waals surface area contributed by atoms with Gasteiger partial charge >= 0.3 is 0 Å². The molecule has 0 saturated carbocycles. The molecule has 1 atom stereocenters. The van der Waals surface area contributed by atoms with E-state index < -0.39 is 19.3 Å². The summed E-state index contributed by atoms with van der Waals surface area (Å²) < 4.78 is 7.00. The molecule has 3 nitrogen and oxygen atoms in total. The number of allylic oxidation sites excluding steroid dienone is 1. The molecule has 0 bridgehead atoms. The van der Waals surface area contributed by atoms with Gasteiger partial charge in [0.25, 0.3) is 8.32 Å². The molecule has 1 aliphatic rings. The summed E-state index contributed by atoms with van der Waals surface area (Å²) in [6, 6.07) is 10.2. The van der Waals surface area contributed by atoms with Crippen molar-refractivity contribution in [2.45, 2.75) is 95.9 Å². The van der Waals surface area contributed by atoms with Crippen LogP contribution in [0.3, 0.4) is 0 Å². The average Bonchev–Trinajstić information content (AvgIpc) is 2.69. The summed E-state index contributed by atoms with van der Waals surface area (Å²) in [5.41, 5.74) is 1.05. The fraction of sp³-hybridized carbons (Fsp3) is 0.577. The van der Waals surface area contributed by atoms with Gasteiger partial charge in [-0.2, -0.15) is 0 Å². The Morgan fingerprint density at radius 2 is 1.55 bits per heavy atom. The van der Waals surface area contributed by atoms with Crippen LogP contribution in [0.5, 0.6) is 0 Å². The molecule has 0 spiro atoms. The molecular weight excluding hydrogens is 420 g/mol. The Labute approximate surface area is 194 Å². The molecular formula is C26H40O3SSi. The third kappa shape index (κ3) is 4.74. The number of aliphatic hydroxyl groups is 1. The molecule has 5 heteroatoms. The van der Waals surface area contributed by atoms with Crippen LogP contribution in [0.25, 0.3) is 0 Å². The summed E-state index contributed by atoms with van der Waals surface area (Å²) in [5.74, 6) is 0.789. The topological polar surface area (TPSA) is 46.5 Å². The third-order valence-electron chi connectivity index (χ3n) is 7.27. The van der Waals surface area contributed by atoms with E-state index >= 15 is 0 Å². The standard InChI is InChI=1S/C26H40O3SSi/c1-18(2)31(19(3)4,20(5)6)29-24-15-26(28,17-27)25(8,9)23(21(24)7)16-30-22-13-11-10-12-14-22/h10-14,16-20,28H,15H2,1-9H3/b23-16-/t26-/m1/s1. The largest absolute Gasteiger partial charge is 0.545 e. The van der Waals surface area contributed by atoms with Gasteiger partial charge in [0.15, 0.2) is 6.29 Å². The molecule has 0 heterocycles. The predicted octanol–water partition coefficient (Wildman–Crippen LogP) is 7.49. The second kappa shape index (κ2) is 9.68. The lowest BCUT2D eigenvalue weighted by Gasteiger charge is -2.49. The smallest absolute Gasteiger partial charge is 0.258 e. The summed E-state index contributed by atoms with van der Waals surface area (Å²) in [4.78, 5) is 13.3. The molecule has 172 valence electrons. The summed E-state index contributed by atoms with van der Waals surface area (Å²) >= 11 is 1.62. The van der Waals surface area contributed by atoms with Crippen molar-refractivity contribution in [1.82, 2.24) is 0 Å². The number of hydrogen-bond donors (Lipinski definition) is 1. The highest BCUT2D eigenvalue weighted by atomic mass is 32.2. The molecule has 0 unspecified atom stereocenters. The highest BCUT2D eigenvalue weighted by Gasteiger charge is 2.54. The van der Waals surface area contributed by atoms with Crippen molar-refractivity contribution < 1.29 is 14.3 Å². The van der Waals surface area contributed by atoms with Crippen molar-refractivity contribution in [3.05, 3.63) is 52.6 Å². The number of rotatable bonds is 8. The van der Waals surface area contributed by atoms with Crippen LogP contribution in [-0.2, 0) is 9.22 Å². The van der Waals surface area contributed by atoms with Crippen LogP contribution < -0.4 is 0 Å². The fourth-order valence-electron chi connectivity index (χ4n) is 5.18. The number of benzene rings is 1. The van der Waals surface area contributed by atoms with Gasteiger partial charge in [0.2, 0.25) is 0 Å². The van der Waals surface area contributed by atoms with Gasteiger partial charge in [-0.3, -0.25) is 0 Å². The van der Waals surface area contributed by atoms with Crippen LogP contribution in [0.4, 0.5) is 0 Å². The van der Waals surface area contributed by atoms with Crippen LogP contribution in [-0.4, -0.2) is 25.3 Å². The molecule has 0 fully saturated rings. The third-order valence-corrected chi connectivity index (χ3v) is 14.2. The second-order valence-electron chi connectivity index (χ2n) is 10.3. The number of hydrogen-bond acceptors (Lipinski definition) is 4. The monoisotopic (exact) mass is 460 g/mol. The summed E-state index contributed by atoms with van der Waals surface area (Å²) in [7, 11) is -2.21. The fourth-order valence-corrected chi connectivity index (χ4v) is 11.6. The maximum atomic E-state index is 12.2. The predicted molar refractivity (Wildman–Crippen MR) is 135 cm³/mol. The first-order chi connectivity index (χ1) is 14.3. The van der Waals surface area contributed by atoms with E-state index in [2.05, 4.69) is 66.0 Å². The zero-order chi connectivity index (χ0) is 23.6. The van der Waals surface area contributed by atoms with E-state index in [0.717, 1.165) is 21.8 Å². The van der Waals surface area contributed by atoms with Gasteiger partial charge in [0, 0.05) is 16.7 Å². The van der Waals surface area contributed by atoms with E-state index in [9.17, 15) is 9.90 Å². The van der Waals surface area contributed by atoms with E-state index in [1.54, 1.807) is 11.8 Å². The number of carbonyl (C=O) groups excluding carboxylic acids is 1. The summed E-state index contributed by atoms with van der Waals surface area (Å²) in [6.45, 7) is 19.5. The molecule has 0 aromatic heterocycles. The normalized spacial score (nSPS) is 23.2. The van der Waals surface area contributed by atoms with Gasteiger partial charge < -0.3 is 14.3 Å². The minimum atomic E-state index is -2.21. The van der Waals surface area contributed by atoms with E-state index in [1.807, 2.05) is 32.0 Å². The van der Waals surface area contributed by atoms with E-state index in [-0.39, 0.29) is 6.42 Å². The molecule has 0 aliphatic heterocycles. The molecule has 1 aromatic carbocycles. The number of carbonyl (C=O) groups is 1. The first-order valence-electron chi connectivity index (χ1n) is 11.3. The van der Waals surface area contributed by atoms with Crippen LogP contribution in [0.15, 0.2) is 57.5 Å². The van der Waals surface area contributed by atoms with Crippen molar-refractivity contribution >= 4 is 26.4 Å². The quantitative estimate of drug-likeness (QED) is 0.248. The summed E-state index contributed by atoms with van der Waals surface area (Å²) in [6.07, 6.45) is 0.941. The molecule has 1 aromatic rings. The number of aldehydes is 1. The maximum absolute atomic E-state index is 12.2.